The van der Waals surface area contributed by atoms with E-state index in [0.717, 1.165) is 10.6 Å². The number of nitrogens with one attached hydrogen (secondary N) is 1. The van der Waals surface area contributed by atoms with Crippen LogP contribution in [0.1, 0.15) is 50.1 Å². The first-order valence-corrected chi connectivity index (χ1v) is 7.83. The predicted octanol–water partition coefficient (Wildman–Crippen LogP) is 3.43. The summed E-state index contributed by atoms with van der Waals surface area (Å²) in [4.78, 5) is 11.9. The number of benzene rings is 1. The highest BCUT2D eigenvalue weighted by atomic mass is 35.5. The average molecular weight is 295 g/mol. The van der Waals surface area contributed by atoms with Crippen LogP contribution in [0.5, 0.6) is 0 Å². The molecule has 1 aromatic rings. The first-order chi connectivity index (χ1) is 9.70. The summed E-state index contributed by atoms with van der Waals surface area (Å²) in [5, 5.41) is 3.87. The van der Waals surface area contributed by atoms with E-state index in [9.17, 15) is 4.79 Å². The summed E-state index contributed by atoms with van der Waals surface area (Å²) in [5.74, 6) is 0.534. The number of halogens is 1. The first-order valence-electron chi connectivity index (χ1n) is 7.45. The Balaban J connectivity index is 2.16. The summed E-state index contributed by atoms with van der Waals surface area (Å²) in [6.45, 7) is 0.388. The van der Waals surface area contributed by atoms with E-state index in [1.807, 2.05) is 24.3 Å². The fourth-order valence-electron chi connectivity index (χ4n) is 3.02. The lowest BCUT2D eigenvalue weighted by Crippen LogP contribution is -2.35. The fourth-order valence-corrected chi connectivity index (χ4v) is 3.22. The molecule has 0 heterocycles. The first kappa shape index (κ1) is 15.3. The molecular formula is C16H23ClN2O. The van der Waals surface area contributed by atoms with Gasteiger partial charge < -0.3 is 11.1 Å². The zero-order chi connectivity index (χ0) is 14.4. The van der Waals surface area contributed by atoms with Gasteiger partial charge in [-0.2, -0.15) is 0 Å². The molecule has 1 aliphatic rings. The van der Waals surface area contributed by atoms with E-state index in [2.05, 4.69) is 5.32 Å². The zero-order valence-electron chi connectivity index (χ0n) is 11.8. The second-order valence-electron chi connectivity index (χ2n) is 5.54. The Morgan fingerprint density at radius 3 is 2.75 bits per heavy atom. The third kappa shape index (κ3) is 4.22. The summed E-state index contributed by atoms with van der Waals surface area (Å²) >= 11 is 6.09. The van der Waals surface area contributed by atoms with Crippen LogP contribution in [0.4, 0.5) is 0 Å². The lowest BCUT2D eigenvalue weighted by Gasteiger charge is -2.31. The summed E-state index contributed by atoms with van der Waals surface area (Å²) in [6.07, 6.45) is 6.50. The molecule has 0 radical (unpaired) electrons. The monoisotopic (exact) mass is 294 g/mol. The summed E-state index contributed by atoms with van der Waals surface area (Å²) in [6, 6.07) is 7.89. The van der Waals surface area contributed by atoms with Gasteiger partial charge in [-0.15, -0.1) is 0 Å². The van der Waals surface area contributed by atoms with E-state index in [1.165, 1.54) is 32.1 Å². The van der Waals surface area contributed by atoms with Crippen LogP contribution in [0.25, 0.3) is 0 Å². The van der Waals surface area contributed by atoms with Crippen LogP contribution in [0.3, 0.4) is 0 Å². The van der Waals surface area contributed by atoms with Gasteiger partial charge in [0.05, 0.1) is 6.04 Å². The summed E-state index contributed by atoms with van der Waals surface area (Å²) in [7, 11) is 0. The number of carbonyl (C=O) groups is 1. The van der Waals surface area contributed by atoms with Crippen molar-refractivity contribution >= 4 is 17.5 Å². The number of hydrogen-bond donors (Lipinski definition) is 2. The molecule has 1 saturated carbocycles. The highest BCUT2D eigenvalue weighted by Gasteiger charge is 2.26. The standard InChI is InChI=1S/C16H23ClN2O/c17-14-8-4-7-13(11-14)16(19-15(20)9-10-18)12-5-2-1-3-6-12/h4,7-8,11-12,16H,1-3,5-6,9-10,18H2,(H,19,20). The van der Waals surface area contributed by atoms with Crippen molar-refractivity contribution in [1.29, 1.82) is 0 Å². The molecule has 0 bridgehead atoms. The van der Waals surface area contributed by atoms with Gasteiger partial charge in [-0.05, 0) is 36.5 Å². The minimum atomic E-state index is 0.0306. The quantitative estimate of drug-likeness (QED) is 0.874. The number of amides is 1. The topological polar surface area (TPSA) is 55.1 Å². The minimum Gasteiger partial charge on any atom is -0.349 e. The maximum Gasteiger partial charge on any atom is 0.221 e. The van der Waals surface area contributed by atoms with Crippen molar-refractivity contribution < 1.29 is 4.79 Å². The van der Waals surface area contributed by atoms with Crippen molar-refractivity contribution in [3.63, 3.8) is 0 Å². The van der Waals surface area contributed by atoms with E-state index in [0.29, 0.717) is 18.9 Å². The molecule has 1 fully saturated rings. The van der Waals surface area contributed by atoms with Crippen molar-refractivity contribution in [3.05, 3.63) is 34.9 Å². The Morgan fingerprint density at radius 1 is 1.35 bits per heavy atom. The maximum absolute atomic E-state index is 11.9. The van der Waals surface area contributed by atoms with Crippen LogP contribution in [-0.2, 0) is 4.79 Å². The highest BCUT2D eigenvalue weighted by Crippen LogP contribution is 2.35. The SMILES string of the molecule is NCCC(=O)NC(c1cccc(Cl)c1)C1CCCCC1. The molecule has 0 aliphatic heterocycles. The average Bonchev–Trinajstić information content (AvgIpc) is 2.46. The Morgan fingerprint density at radius 2 is 2.10 bits per heavy atom. The van der Waals surface area contributed by atoms with Crippen molar-refractivity contribution in [2.24, 2.45) is 11.7 Å². The predicted molar refractivity (Wildman–Crippen MR) is 82.6 cm³/mol. The molecule has 1 atom stereocenters. The largest absolute Gasteiger partial charge is 0.349 e. The Hall–Kier alpha value is -1.06. The molecule has 3 N–H and O–H groups in total. The molecule has 0 spiro atoms. The van der Waals surface area contributed by atoms with Gasteiger partial charge >= 0.3 is 0 Å². The molecule has 1 unspecified atom stereocenters. The molecule has 2 rings (SSSR count). The molecule has 20 heavy (non-hydrogen) atoms. The molecule has 110 valence electrons. The molecule has 1 aromatic carbocycles. The third-order valence-corrected chi connectivity index (χ3v) is 4.25. The van der Waals surface area contributed by atoms with E-state index in [1.54, 1.807) is 0 Å². The van der Waals surface area contributed by atoms with Gasteiger partial charge in [-0.3, -0.25) is 4.79 Å². The van der Waals surface area contributed by atoms with Gasteiger partial charge in [0.2, 0.25) is 5.91 Å². The summed E-state index contributed by atoms with van der Waals surface area (Å²) < 4.78 is 0. The van der Waals surface area contributed by atoms with Crippen LogP contribution in [0.15, 0.2) is 24.3 Å². The van der Waals surface area contributed by atoms with Crippen LogP contribution < -0.4 is 11.1 Å². The van der Waals surface area contributed by atoms with Crippen molar-refractivity contribution in [3.8, 4) is 0 Å². The lowest BCUT2D eigenvalue weighted by atomic mass is 9.81. The van der Waals surface area contributed by atoms with E-state index >= 15 is 0 Å². The van der Waals surface area contributed by atoms with Crippen LogP contribution in [-0.4, -0.2) is 12.5 Å². The minimum absolute atomic E-state index is 0.0306. The van der Waals surface area contributed by atoms with Crippen molar-refractivity contribution in [2.75, 3.05) is 6.54 Å². The molecular weight excluding hydrogens is 272 g/mol. The van der Waals surface area contributed by atoms with Crippen molar-refractivity contribution in [2.45, 2.75) is 44.6 Å². The van der Waals surface area contributed by atoms with Gasteiger partial charge in [0.15, 0.2) is 0 Å². The Bertz CT molecular complexity index is 444. The van der Waals surface area contributed by atoms with Gasteiger partial charge in [-0.1, -0.05) is 43.0 Å². The van der Waals surface area contributed by atoms with Gasteiger partial charge in [0.1, 0.15) is 0 Å². The van der Waals surface area contributed by atoms with E-state index < -0.39 is 0 Å². The molecule has 1 aliphatic carbocycles. The third-order valence-electron chi connectivity index (χ3n) is 4.02. The second-order valence-corrected chi connectivity index (χ2v) is 5.97. The zero-order valence-corrected chi connectivity index (χ0v) is 12.5. The van der Waals surface area contributed by atoms with Gasteiger partial charge in [0.25, 0.3) is 0 Å². The highest BCUT2D eigenvalue weighted by molar-refractivity contribution is 6.30. The molecule has 0 saturated heterocycles. The second kappa shape index (κ2) is 7.65. The molecule has 0 aromatic heterocycles. The smallest absolute Gasteiger partial charge is 0.221 e. The fraction of sp³-hybridized carbons (Fsp3) is 0.562. The van der Waals surface area contributed by atoms with Crippen LogP contribution in [0.2, 0.25) is 5.02 Å². The van der Waals surface area contributed by atoms with Gasteiger partial charge in [-0.25, -0.2) is 0 Å². The molecule has 3 nitrogen and oxygen atoms in total. The van der Waals surface area contributed by atoms with Crippen LogP contribution in [0, 0.1) is 5.92 Å². The van der Waals surface area contributed by atoms with E-state index in [4.69, 9.17) is 17.3 Å². The normalized spacial score (nSPS) is 17.7. The number of hydrogen-bond acceptors (Lipinski definition) is 2. The number of nitrogens with two attached hydrogens (primary N) is 1. The Labute approximate surface area is 125 Å². The Kier molecular flexibility index (Phi) is 5.86. The number of rotatable bonds is 5. The lowest BCUT2D eigenvalue weighted by molar-refractivity contribution is -0.122. The van der Waals surface area contributed by atoms with E-state index in [-0.39, 0.29) is 11.9 Å². The van der Waals surface area contributed by atoms with Crippen molar-refractivity contribution in [1.82, 2.24) is 5.32 Å². The molecule has 4 heteroatoms. The molecule has 1 amide bonds. The number of carbonyl (C=O) groups excluding carboxylic acids is 1. The maximum atomic E-state index is 11.9. The van der Waals surface area contributed by atoms with Gasteiger partial charge in [0, 0.05) is 18.0 Å². The van der Waals surface area contributed by atoms with Crippen LogP contribution >= 0.6 is 11.6 Å². The summed E-state index contributed by atoms with van der Waals surface area (Å²) in [5.41, 5.74) is 6.57.